The van der Waals surface area contributed by atoms with Crippen molar-refractivity contribution < 1.29 is 9.53 Å². The standard InChI is InChI=1S/C14H27N5O2.HI/c1-12(20)18-4-6-19(7-5-18)14(15-2)16-10-13-11-17(3)8-9-21-13;/h13H,4-11H2,1-3H3,(H,15,16);1H. The van der Waals surface area contributed by atoms with Crippen molar-refractivity contribution in [1.82, 2.24) is 20.0 Å². The van der Waals surface area contributed by atoms with Crippen LogP contribution in [0.3, 0.4) is 0 Å². The van der Waals surface area contributed by atoms with Crippen molar-refractivity contribution >= 4 is 35.8 Å². The Morgan fingerprint density at radius 1 is 1.23 bits per heavy atom. The molecule has 1 unspecified atom stereocenters. The maximum absolute atomic E-state index is 11.3. The molecule has 0 saturated carbocycles. The third kappa shape index (κ3) is 5.54. The fourth-order valence-electron chi connectivity index (χ4n) is 2.76. The lowest BCUT2D eigenvalue weighted by atomic mass is 10.3. The Morgan fingerprint density at radius 3 is 2.41 bits per heavy atom. The molecule has 0 spiro atoms. The molecule has 2 heterocycles. The van der Waals surface area contributed by atoms with Gasteiger partial charge in [-0.2, -0.15) is 0 Å². The number of carbonyl (C=O) groups excluding carboxylic acids is 1. The van der Waals surface area contributed by atoms with Gasteiger partial charge in [0.25, 0.3) is 0 Å². The average Bonchev–Trinajstić information content (AvgIpc) is 2.48. The Hall–Kier alpha value is -0.610. The van der Waals surface area contributed by atoms with Crippen molar-refractivity contribution in [3.8, 4) is 0 Å². The average molecular weight is 425 g/mol. The first-order valence-electron chi connectivity index (χ1n) is 7.61. The largest absolute Gasteiger partial charge is 0.374 e. The van der Waals surface area contributed by atoms with E-state index in [4.69, 9.17) is 4.74 Å². The van der Waals surface area contributed by atoms with E-state index in [-0.39, 0.29) is 36.0 Å². The van der Waals surface area contributed by atoms with E-state index in [0.29, 0.717) is 0 Å². The van der Waals surface area contributed by atoms with Crippen LogP contribution in [-0.4, -0.2) is 99.2 Å². The van der Waals surface area contributed by atoms with Crippen LogP contribution in [0.1, 0.15) is 6.92 Å². The van der Waals surface area contributed by atoms with Gasteiger partial charge in [0.15, 0.2) is 5.96 Å². The summed E-state index contributed by atoms with van der Waals surface area (Å²) in [4.78, 5) is 22.1. The Morgan fingerprint density at radius 2 is 1.86 bits per heavy atom. The number of hydrogen-bond acceptors (Lipinski definition) is 4. The highest BCUT2D eigenvalue weighted by atomic mass is 127. The highest BCUT2D eigenvalue weighted by Gasteiger charge is 2.22. The molecule has 1 amide bonds. The Balaban J connectivity index is 0.00000242. The molecule has 0 aromatic heterocycles. The van der Waals surface area contributed by atoms with E-state index >= 15 is 0 Å². The van der Waals surface area contributed by atoms with Gasteiger partial charge in [-0.3, -0.25) is 9.79 Å². The van der Waals surface area contributed by atoms with Crippen LogP contribution in [0.25, 0.3) is 0 Å². The molecule has 2 aliphatic rings. The zero-order valence-electron chi connectivity index (χ0n) is 13.7. The lowest BCUT2D eigenvalue weighted by Gasteiger charge is -2.37. The zero-order valence-corrected chi connectivity index (χ0v) is 16.1. The Kier molecular flexibility index (Phi) is 8.40. The van der Waals surface area contributed by atoms with Crippen molar-refractivity contribution in [1.29, 1.82) is 0 Å². The second kappa shape index (κ2) is 9.51. The third-order valence-corrected chi connectivity index (χ3v) is 4.07. The van der Waals surface area contributed by atoms with E-state index in [2.05, 4.69) is 27.2 Å². The van der Waals surface area contributed by atoms with E-state index in [9.17, 15) is 4.79 Å². The summed E-state index contributed by atoms with van der Waals surface area (Å²) in [6.45, 7) is 8.30. The first-order chi connectivity index (χ1) is 10.1. The van der Waals surface area contributed by atoms with Crippen LogP contribution in [0, 0.1) is 0 Å². The lowest BCUT2D eigenvalue weighted by Crippen LogP contribution is -2.55. The minimum absolute atomic E-state index is 0. The van der Waals surface area contributed by atoms with Crippen molar-refractivity contribution in [2.24, 2.45) is 4.99 Å². The molecule has 0 radical (unpaired) electrons. The van der Waals surface area contributed by atoms with Gasteiger partial charge in [-0.15, -0.1) is 24.0 Å². The number of piperazine rings is 1. The fraction of sp³-hybridized carbons (Fsp3) is 0.857. The molecule has 2 rings (SSSR count). The Bertz CT molecular complexity index is 385. The van der Waals surface area contributed by atoms with E-state index < -0.39 is 0 Å². The van der Waals surface area contributed by atoms with Crippen LogP contribution >= 0.6 is 24.0 Å². The van der Waals surface area contributed by atoms with Crippen molar-refractivity contribution in [2.75, 3.05) is 66.5 Å². The van der Waals surface area contributed by atoms with Crippen molar-refractivity contribution in [3.05, 3.63) is 0 Å². The summed E-state index contributed by atoms with van der Waals surface area (Å²) >= 11 is 0. The van der Waals surface area contributed by atoms with E-state index in [1.54, 1.807) is 14.0 Å². The predicted molar refractivity (Wildman–Crippen MR) is 97.8 cm³/mol. The molecule has 2 aliphatic heterocycles. The SMILES string of the molecule is CN=C(NCC1CN(C)CCO1)N1CCN(C(C)=O)CC1.I. The number of guanidine groups is 1. The molecule has 0 aliphatic carbocycles. The molecule has 2 saturated heterocycles. The van der Waals surface area contributed by atoms with Gasteiger partial charge >= 0.3 is 0 Å². The number of aliphatic imine (C=N–C) groups is 1. The first kappa shape index (κ1) is 19.4. The maximum Gasteiger partial charge on any atom is 0.219 e. The zero-order chi connectivity index (χ0) is 15.2. The summed E-state index contributed by atoms with van der Waals surface area (Å²) in [5.74, 6) is 1.05. The van der Waals surface area contributed by atoms with Gasteiger partial charge in [0.2, 0.25) is 5.91 Å². The van der Waals surface area contributed by atoms with E-state index in [0.717, 1.165) is 58.4 Å². The number of carbonyl (C=O) groups is 1. The number of hydrogen-bond donors (Lipinski definition) is 1. The number of ether oxygens (including phenoxy) is 1. The second-order valence-electron chi connectivity index (χ2n) is 5.68. The molecule has 8 heteroatoms. The molecule has 1 atom stereocenters. The minimum Gasteiger partial charge on any atom is -0.374 e. The molecular formula is C14H28IN5O2. The normalized spacial score (nSPS) is 24.0. The number of nitrogens with zero attached hydrogens (tertiary/aromatic N) is 4. The number of likely N-dealkylation sites (N-methyl/N-ethyl adjacent to an activating group) is 1. The fourth-order valence-corrected chi connectivity index (χ4v) is 2.76. The monoisotopic (exact) mass is 425 g/mol. The van der Waals surface area contributed by atoms with Gasteiger partial charge in [-0.25, -0.2) is 0 Å². The van der Waals surface area contributed by atoms with Gasteiger partial charge in [-0.05, 0) is 7.05 Å². The smallest absolute Gasteiger partial charge is 0.219 e. The third-order valence-electron chi connectivity index (χ3n) is 4.07. The van der Waals surface area contributed by atoms with Gasteiger partial charge in [-0.1, -0.05) is 0 Å². The van der Waals surface area contributed by atoms with Crippen LogP contribution in [-0.2, 0) is 9.53 Å². The van der Waals surface area contributed by atoms with Gasteiger partial charge < -0.3 is 24.8 Å². The van der Waals surface area contributed by atoms with Gasteiger partial charge in [0.05, 0.1) is 12.7 Å². The molecule has 22 heavy (non-hydrogen) atoms. The number of amides is 1. The molecule has 2 fully saturated rings. The number of morpholine rings is 1. The highest BCUT2D eigenvalue weighted by molar-refractivity contribution is 14.0. The summed E-state index contributed by atoms with van der Waals surface area (Å²) in [7, 11) is 3.92. The summed E-state index contributed by atoms with van der Waals surface area (Å²) < 4.78 is 5.75. The van der Waals surface area contributed by atoms with Crippen molar-refractivity contribution in [3.63, 3.8) is 0 Å². The Labute approximate surface area is 150 Å². The summed E-state index contributed by atoms with van der Waals surface area (Å²) in [6, 6.07) is 0. The van der Waals surface area contributed by atoms with Crippen LogP contribution in [0.2, 0.25) is 0 Å². The first-order valence-corrected chi connectivity index (χ1v) is 7.61. The van der Waals surface area contributed by atoms with E-state index in [1.165, 1.54) is 0 Å². The number of halogens is 1. The van der Waals surface area contributed by atoms with Gasteiger partial charge in [0.1, 0.15) is 0 Å². The summed E-state index contributed by atoms with van der Waals surface area (Å²) in [6.07, 6.45) is 0.207. The molecule has 128 valence electrons. The van der Waals surface area contributed by atoms with Crippen LogP contribution < -0.4 is 5.32 Å². The van der Waals surface area contributed by atoms with Crippen molar-refractivity contribution in [2.45, 2.75) is 13.0 Å². The number of nitrogens with one attached hydrogen (secondary N) is 1. The topological polar surface area (TPSA) is 60.4 Å². The van der Waals surface area contributed by atoms with Crippen LogP contribution in [0.15, 0.2) is 4.99 Å². The van der Waals surface area contributed by atoms with Crippen LogP contribution in [0.4, 0.5) is 0 Å². The molecule has 0 aromatic carbocycles. The summed E-state index contributed by atoms with van der Waals surface area (Å²) in [5.41, 5.74) is 0. The van der Waals surface area contributed by atoms with Gasteiger partial charge in [0, 0.05) is 59.8 Å². The number of rotatable bonds is 2. The van der Waals surface area contributed by atoms with Crippen LogP contribution in [0.5, 0.6) is 0 Å². The molecule has 1 N–H and O–H groups in total. The predicted octanol–water partition coefficient (Wildman–Crippen LogP) is -0.325. The minimum atomic E-state index is 0. The maximum atomic E-state index is 11.3. The van der Waals surface area contributed by atoms with E-state index in [1.807, 2.05) is 4.90 Å². The quantitative estimate of drug-likeness (QED) is 0.373. The summed E-state index contributed by atoms with van der Waals surface area (Å²) in [5, 5.41) is 3.39. The molecule has 0 aromatic rings. The second-order valence-corrected chi connectivity index (χ2v) is 5.68. The highest BCUT2D eigenvalue weighted by Crippen LogP contribution is 2.04. The lowest BCUT2D eigenvalue weighted by molar-refractivity contribution is -0.130. The molecule has 7 nitrogen and oxygen atoms in total. The molecular weight excluding hydrogens is 397 g/mol. The molecule has 0 bridgehead atoms.